The van der Waals surface area contributed by atoms with Gasteiger partial charge in [-0.15, -0.1) is 0 Å². The van der Waals surface area contributed by atoms with Crippen LogP contribution in [0.15, 0.2) is 53.4 Å². The lowest BCUT2D eigenvalue weighted by molar-refractivity contribution is -0.159. The average molecular weight is 578 g/mol. The van der Waals surface area contributed by atoms with Crippen LogP contribution in [0, 0.1) is 5.82 Å². The molecule has 12 heteroatoms. The van der Waals surface area contributed by atoms with Gasteiger partial charge >= 0.3 is 12.1 Å². The molecule has 1 heterocycles. The first-order valence-electron chi connectivity index (χ1n) is 12.8. The summed E-state index contributed by atoms with van der Waals surface area (Å²) in [5, 5.41) is 2.72. The number of carbonyl (C=O) groups is 3. The van der Waals surface area contributed by atoms with Crippen LogP contribution < -0.4 is 10.1 Å². The molecule has 1 fully saturated rings. The van der Waals surface area contributed by atoms with Crippen LogP contribution in [0.25, 0.3) is 0 Å². The third kappa shape index (κ3) is 7.36. The van der Waals surface area contributed by atoms with Crippen molar-refractivity contribution in [3.05, 3.63) is 59.9 Å². The van der Waals surface area contributed by atoms with Crippen molar-refractivity contribution in [2.45, 2.75) is 69.0 Å². The molecule has 2 aromatic carbocycles. The minimum absolute atomic E-state index is 0.0450. The molecule has 1 saturated heterocycles. The summed E-state index contributed by atoms with van der Waals surface area (Å²) in [4.78, 5) is 39.8. The van der Waals surface area contributed by atoms with E-state index in [-0.39, 0.29) is 24.3 Å². The van der Waals surface area contributed by atoms with E-state index in [0.717, 1.165) is 28.6 Å². The van der Waals surface area contributed by atoms with Gasteiger partial charge in [-0.25, -0.2) is 22.4 Å². The molecule has 1 N–H and O–H groups in total. The van der Waals surface area contributed by atoms with Crippen molar-refractivity contribution >= 4 is 28.0 Å². The fourth-order valence-corrected chi connectivity index (χ4v) is 6.09. The minimum atomic E-state index is -4.13. The summed E-state index contributed by atoms with van der Waals surface area (Å²) in [6.07, 6.45) is 0.154. The summed E-state index contributed by atoms with van der Waals surface area (Å²) in [6.45, 7) is 6.71. The second kappa shape index (κ2) is 11.9. The van der Waals surface area contributed by atoms with E-state index < -0.39 is 51.0 Å². The number of hydrogen-bond acceptors (Lipinski definition) is 7. The molecule has 0 saturated carbocycles. The molecule has 0 bridgehead atoms. The quantitative estimate of drug-likeness (QED) is 0.477. The number of rotatable bonds is 8. The third-order valence-electron chi connectivity index (χ3n) is 6.40. The molecule has 2 aromatic rings. The monoisotopic (exact) mass is 577 g/mol. The SMILES string of the molecule is CN(C)C(=O)Oc1ccc(C[C@H](NC(=O)[C@]2(C)CCCN2S(=O)(=O)c2ccc(F)cc2)C(=O)OC(C)(C)C)cc1. The number of ether oxygens (including phenoxy) is 2. The Morgan fingerprint density at radius 1 is 1.07 bits per heavy atom. The van der Waals surface area contributed by atoms with Crippen LogP contribution in [0.2, 0.25) is 0 Å². The van der Waals surface area contributed by atoms with Crippen molar-refractivity contribution in [1.82, 2.24) is 14.5 Å². The second-order valence-electron chi connectivity index (χ2n) is 11.1. The summed E-state index contributed by atoms with van der Waals surface area (Å²) in [7, 11) is -1.01. The van der Waals surface area contributed by atoms with Crippen LogP contribution in [-0.4, -0.2) is 73.4 Å². The zero-order valence-corrected chi connectivity index (χ0v) is 24.4. The lowest BCUT2D eigenvalue weighted by Crippen LogP contribution is -2.59. The third-order valence-corrected chi connectivity index (χ3v) is 8.43. The van der Waals surface area contributed by atoms with Crippen LogP contribution in [0.1, 0.15) is 46.1 Å². The molecule has 40 heavy (non-hydrogen) atoms. The number of amides is 2. The molecule has 2 amide bonds. The van der Waals surface area contributed by atoms with Crippen molar-refractivity contribution in [1.29, 1.82) is 0 Å². The molecular formula is C28H36FN3O7S. The Kier molecular flexibility index (Phi) is 9.25. The average Bonchev–Trinajstić information content (AvgIpc) is 3.27. The molecule has 1 aliphatic rings. The summed E-state index contributed by atoms with van der Waals surface area (Å²) in [6, 6.07) is 9.73. The van der Waals surface area contributed by atoms with Crippen molar-refractivity contribution in [2.75, 3.05) is 20.6 Å². The van der Waals surface area contributed by atoms with Gasteiger partial charge in [-0.05, 0) is 82.5 Å². The van der Waals surface area contributed by atoms with Crippen LogP contribution >= 0.6 is 0 Å². The van der Waals surface area contributed by atoms with Crippen molar-refractivity contribution in [3.63, 3.8) is 0 Å². The molecule has 0 aromatic heterocycles. The van der Waals surface area contributed by atoms with Crippen LogP contribution in [0.5, 0.6) is 5.75 Å². The first-order chi connectivity index (χ1) is 18.5. The van der Waals surface area contributed by atoms with Gasteiger partial charge in [0.15, 0.2) is 0 Å². The first-order valence-corrected chi connectivity index (χ1v) is 14.3. The number of benzene rings is 2. The Labute approximate surface area is 234 Å². The highest BCUT2D eigenvalue weighted by Crippen LogP contribution is 2.35. The maximum atomic E-state index is 13.7. The molecule has 3 rings (SSSR count). The molecule has 0 aliphatic carbocycles. The van der Waals surface area contributed by atoms with Gasteiger partial charge in [0.1, 0.15) is 28.7 Å². The maximum absolute atomic E-state index is 13.7. The highest BCUT2D eigenvalue weighted by molar-refractivity contribution is 7.89. The lowest BCUT2D eigenvalue weighted by Gasteiger charge is -2.34. The first kappa shape index (κ1) is 31.0. The molecule has 10 nitrogen and oxygen atoms in total. The summed E-state index contributed by atoms with van der Waals surface area (Å²) < 4.78 is 52.1. The van der Waals surface area contributed by atoms with Crippen LogP contribution in [0.4, 0.5) is 9.18 Å². The topological polar surface area (TPSA) is 122 Å². The van der Waals surface area contributed by atoms with Gasteiger partial charge in [0.05, 0.1) is 4.90 Å². The number of nitrogens with one attached hydrogen (secondary N) is 1. The number of halogens is 1. The number of hydrogen-bond donors (Lipinski definition) is 1. The van der Waals surface area contributed by atoms with Crippen LogP contribution in [-0.2, 0) is 30.8 Å². The normalized spacial score (nSPS) is 18.6. The Hall–Kier alpha value is -3.51. The van der Waals surface area contributed by atoms with E-state index in [1.54, 1.807) is 59.1 Å². The number of carbonyl (C=O) groups excluding carboxylic acids is 3. The van der Waals surface area contributed by atoms with E-state index in [0.29, 0.717) is 17.7 Å². The molecule has 2 atom stereocenters. The van der Waals surface area contributed by atoms with Gasteiger partial charge in [0.25, 0.3) is 0 Å². The van der Waals surface area contributed by atoms with E-state index in [9.17, 15) is 27.2 Å². The Balaban J connectivity index is 1.85. The maximum Gasteiger partial charge on any atom is 0.414 e. The van der Waals surface area contributed by atoms with E-state index >= 15 is 0 Å². The van der Waals surface area contributed by atoms with Gasteiger partial charge in [-0.2, -0.15) is 4.31 Å². The smallest absolute Gasteiger partial charge is 0.414 e. The van der Waals surface area contributed by atoms with E-state index in [1.165, 1.54) is 11.8 Å². The van der Waals surface area contributed by atoms with Crippen LogP contribution in [0.3, 0.4) is 0 Å². The van der Waals surface area contributed by atoms with Gasteiger partial charge < -0.3 is 19.7 Å². The van der Waals surface area contributed by atoms with E-state index in [1.807, 2.05) is 0 Å². The molecule has 0 unspecified atom stereocenters. The zero-order chi connectivity index (χ0) is 29.9. The van der Waals surface area contributed by atoms with Gasteiger partial charge in [-0.1, -0.05) is 12.1 Å². The van der Waals surface area contributed by atoms with Gasteiger partial charge in [0, 0.05) is 27.1 Å². The second-order valence-corrected chi connectivity index (χ2v) is 12.9. The number of esters is 1. The highest BCUT2D eigenvalue weighted by atomic mass is 32.2. The molecule has 0 radical (unpaired) electrons. The zero-order valence-electron chi connectivity index (χ0n) is 23.6. The predicted molar refractivity (Wildman–Crippen MR) is 146 cm³/mol. The minimum Gasteiger partial charge on any atom is -0.458 e. The molecule has 1 aliphatic heterocycles. The lowest BCUT2D eigenvalue weighted by atomic mass is 9.97. The predicted octanol–water partition coefficient (Wildman–Crippen LogP) is 3.50. The Morgan fingerprint density at radius 2 is 1.68 bits per heavy atom. The molecule has 218 valence electrons. The Morgan fingerprint density at radius 3 is 2.23 bits per heavy atom. The highest BCUT2D eigenvalue weighted by Gasteiger charge is 2.50. The fraction of sp³-hybridized carbons (Fsp3) is 0.464. The number of sulfonamides is 1. The van der Waals surface area contributed by atoms with Crippen molar-refractivity contribution in [3.8, 4) is 5.75 Å². The molecule has 0 spiro atoms. The largest absolute Gasteiger partial charge is 0.458 e. The summed E-state index contributed by atoms with van der Waals surface area (Å²) in [5.74, 6) is -1.60. The fourth-order valence-electron chi connectivity index (χ4n) is 4.29. The van der Waals surface area contributed by atoms with Crippen molar-refractivity contribution < 1.29 is 36.7 Å². The standard InChI is InChI=1S/C28H36FN3O7S/c1-27(2,3)39-24(33)23(18-19-8-12-21(13-9-19)38-26(35)31(5)6)30-25(34)28(4)16-7-17-32(28)40(36,37)22-14-10-20(29)11-15-22/h8-15,23H,7,16-18H2,1-6H3,(H,30,34)/t23-,28-/m0/s1. The summed E-state index contributed by atoms with van der Waals surface area (Å²) >= 11 is 0. The number of nitrogens with zero attached hydrogens (tertiary/aromatic N) is 2. The van der Waals surface area contributed by atoms with Gasteiger partial charge in [0.2, 0.25) is 15.9 Å². The molecular weight excluding hydrogens is 541 g/mol. The summed E-state index contributed by atoms with van der Waals surface area (Å²) in [5.41, 5.74) is -1.68. The van der Waals surface area contributed by atoms with E-state index in [2.05, 4.69) is 5.32 Å². The van der Waals surface area contributed by atoms with Crippen molar-refractivity contribution in [2.24, 2.45) is 0 Å². The van der Waals surface area contributed by atoms with E-state index in [4.69, 9.17) is 9.47 Å². The Bertz CT molecular complexity index is 1340. The van der Waals surface area contributed by atoms with Gasteiger partial charge in [-0.3, -0.25) is 4.79 Å².